The van der Waals surface area contributed by atoms with Crippen molar-refractivity contribution in [3.63, 3.8) is 0 Å². The third kappa shape index (κ3) is 2.81. The van der Waals surface area contributed by atoms with Gasteiger partial charge in [0.1, 0.15) is 11.4 Å². The Morgan fingerprint density at radius 1 is 1.25 bits per heavy atom. The normalized spacial score (nSPS) is 31.2. The summed E-state index contributed by atoms with van der Waals surface area (Å²) in [7, 11) is 2.24. The van der Waals surface area contributed by atoms with E-state index in [1.807, 2.05) is 12.1 Å². The van der Waals surface area contributed by atoms with Gasteiger partial charge in [-0.25, -0.2) is 0 Å². The third-order valence-corrected chi connectivity index (χ3v) is 6.01. The molecule has 2 bridgehead atoms. The molecule has 1 aromatic rings. The van der Waals surface area contributed by atoms with Crippen LogP contribution in [-0.4, -0.2) is 41.6 Å². The fraction of sp³-hybridized carbons (Fsp3) is 0.650. The van der Waals surface area contributed by atoms with E-state index in [1.54, 1.807) is 0 Å². The number of fused-ring (bicyclic) bond motifs is 3. The molecular weight excluding hydrogens is 300 g/mol. The predicted molar refractivity (Wildman–Crippen MR) is 94.5 cm³/mol. The second kappa shape index (κ2) is 5.76. The fourth-order valence-electron chi connectivity index (χ4n) is 4.79. The SMILES string of the molecule is CN1C2CCCC1CC(NC(=O)c1cccc3c1OC(C)(C)C3)C2. The lowest BCUT2D eigenvalue weighted by molar-refractivity contribution is 0.0461. The van der Waals surface area contributed by atoms with E-state index in [1.165, 1.54) is 19.3 Å². The molecule has 0 aliphatic carbocycles. The van der Waals surface area contributed by atoms with Crippen LogP contribution in [0.2, 0.25) is 0 Å². The Bertz CT molecular complexity index is 641. The number of amides is 1. The van der Waals surface area contributed by atoms with Crippen molar-refractivity contribution in [3.8, 4) is 5.75 Å². The minimum Gasteiger partial charge on any atom is -0.486 e. The van der Waals surface area contributed by atoms with Crippen LogP contribution in [0.5, 0.6) is 5.75 Å². The average Bonchev–Trinajstić information content (AvgIpc) is 2.81. The number of nitrogens with zero attached hydrogens (tertiary/aromatic N) is 1. The van der Waals surface area contributed by atoms with Crippen molar-refractivity contribution in [1.29, 1.82) is 0 Å². The van der Waals surface area contributed by atoms with E-state index in [9.17, 15) is 4.79 Å². The number of nitrogens with one attached hydrogen (secondary N) is 1. The van der Waals surface area contributed by atoms with Gasteiger partial charge in [-0.2, -0.15) is 0 Å². The summed E-state index contributed by atoms with van der Waals surface area (Å²) < 4.78 is 6.06. The highest BCUT2D eigenvalue weighted by atomic mass is 16.5. The highest BCUT2D eigenvalue weighted by Gasteiger charge is 2.37. The number of piperidine rings is 2. The zero-order valence-electron chi connectivity index (χ0n) is 15.0. The fourth-order valence-corrected chi connectivity index (χ4v) is 4.79. The first-order valence-electron chi connectivity index (χ1n) is 9.27. The molecule has 0 saturated carbocycles. The van der Waals surface area contributed by atoms with Gasteiger partial charge >= 0.3 is 0 Å². The molecule has 0 aromatic heterocycles. The molecule has 0 spiro atoms. The van der Waals surface area contributed by atoms with Gasteiger partial charge in [0.05, 0.1) is 5.56 Å². The van der Waals surface area contributed by atoms with Crippen molar-refractivity contribution in [1.82, 2.24) is 10.2 Å². The van der Waals surface area contributed by atoms with Gasteiger partial charge in [0.2, 0.25) is 0 Å². The lowest BCUT2D eigenvalue weighted by Gasteiger charge is -2.47. The first-order valence-corrected chi connectivity index (χ1v) is 9.27. The van der Waals surface area contributed by atoms with Crippen molar-refractivity contribution in [3.05, 3.63) is 29.3 Å². The van der Waals surface area contributed by atoms with Crippen LogP contribution in [0, 0.1) is 0 Å². The molecule has 4 heteroatoms. The zero-order chi connectivity index (χ0) is 16.9. The Morgan fingerprint density at radius 2 is 1.96 bits per heavy atom. The molecule has 3 aliphatic rings. The Morgan fingerprint density at radius 3 is 2.67 bits per heavy atom. The largest absolute Gasteiger partial charge is 0.486 e. The molecular formula is C20H28N2O2. The molecule has 130 valence electrons. The Kier molecular flexibility index (Phi) is 3.83. The minimum absolute atomic E-state index is 0.0252. The second-order valence-electron chi connectivity index (χ2n) is 8.38. The van der Waals surface area contributed by atoms with Gasteiger partial charge < -0.3 is 15.0 Å². The summed E-state index contributed by atoms with van der Waals surface area (Å²) in [6, 6.07) is 7.47. The van der Waals surface area contributed by atoms with E-state index in [0.717, 1.165) is 30.6 Å². The van der Waals surface area contributed by atoms with Gasteiger partial charge in [-0.3, -0.25) is 4.79 Å². The summed E-state index contributed by atoms with van der Waals surface area (Å²) in [5.74, 6) is 0.810. The molecule has 4 rings (SSSR count). The lowest BCUT2D eigenvalue weighted by atomic mass is 9.82. The van der Waals surface area contributed by atoms with Crippen LogP contribution in [0.15, 0.2) is 18.2 Å². The summed E-state index contributed by atoms with van der Waals surface area (Å²) in [5, 5.41) is 3.30. The van der Waals surface area contributed by atoms with Crippen LogP contribution in [0.1, 0.15) is 61.9 Å². The van der Waals surface area contributed by atoms with Gasteiger partial charge in [0, 0.05) is 24.5 Å². The van der Waals surface area contributed by atoms with Crippen LogP contribution in [-0.2, 0) is 6.42 Å². The summed E-state index contributed by atoms with van der Waals surface area (Å²) in [6.07, 6.45) is 6.85. The molecule has 2 atom stereocenters. The van der Waals surface area contributed by atoms with Crippen molar-refractivity contribution in [2.45, 2.75) is 76.1 Å². The van der Waals surface area contributed by atoms with Gasteiger partial charge in [-0.05, 0) is 58.2 Å². The number of benzene rings is 1. The van der Waals surface area contributed by atoms with Crippen LogP contribution in [0.3, 0.4) is 0 Å². The Balaban J connectivity index is 1.49. The first-order chi connectivity index (χ1) is 11.4. The molecule has 2 fully saturated rings. The smallest absolute Gasteiger partial charge is 0.255 e. The van der Waals surface area contributed by atoms with Gasteiger partial charge in [-0.1, -0.05) is 18.6 Å². The lowest BCUT2D eigenvalue weighted by Crippen LogP contribution is -2.55. The Hall–Kier alpha value is -1.55. The number of ether oxygens (including phenoxy) is 1. The predicted octanol–water partition coefficient (Wildman–Crippen LogP) is 3.15. The zero-order valence-corrected chi connectivity index (χ0v) is 15.0. The standard InChI is InChI=1S/C20H28N2O2/c1-20(2)12-13-6-4-9-17(18(13)24-20)19(23)21-14-10-15-7-5-8-16(11-14)22(15)3/h4,6,9,14-16H,5,7-8,10-12H2,1-3H3,(H,21,23). The van der Waals surface area contributed by atoms with E-state index in [-0.39, 0.29) is 17.6 Å². The molecule has 4 nitrogen and oxygen atoms in total. The molecule has 2 saturated heterocycles. The molecule has 24 heavy (non-hydrogen) atoms. The van der Waals surface area contributed by atoms with Crippen molar-refractivity contribution in [2.75, 3.05) is 7.05 Å². The number of carbonyl (C=O) groups excluding carboxylic acids is 1. The van der Waals surface area contributed by atoms with E-state index in [0.29, 0.717) is 17.6 Å². The molecule has 1 amide bonds. The summed E-state index contributed by atoms with van der Waals surface area (Å²) in [6.45, 7) is 4.15. The van der Waals surface area contributed by atoms with Crippen molar-refractivity contribution in [2.24, 2.45) is 0 Å². The number of carbonyl (C=O) groups is 1. The number of para-hydroxylation sites is 1. The van der Waals surface area contributed by atoms with Crippen LogP contribution >= 0.6 is 0 Å². The highest BCUT2D eigenvalue weighted by molar-refractivity contribution is 5.97. The second-order valence-corrected chi connectivity index (χ2v) is 8.38. The quantitative estimate of drug-likeness (QED) is 0.907. The maximum atomic E-state index is 12.9. The number of rotatable bonds is 2. The molecule has 2 unspecified atom stereocenters. The third-order valence-electron chi connectivity index (χ3n) is 6.01. The number of hydrogen-bond donors (Lipinski definition) is 1. The molecule has 1 N–H and O–H groups in total. The van der Waals surface area contributed by atoms with E-state index < -0.39 is 0 Å². The van der Waals surface area contributed by atoms with Gasteiger partial charge in [0.15, 0.2) is 0 Å². The van der Waals surface area contributed by atoms with E-state index in [4.69, 9.17) is 4.74 Å². The van der Waals surface area contributed by atoms with E-state index in [2.05, 4.69) is 37.2 Å². The molecule has 3 aliphatic heterocycles. The first kappa shape index (κ1) is 15.9. The van der Waals surface area contributed by atoms with Crippen molar-refractivity contribution >= 4 is 5.91 Å². The summed E-state index contributed by atoms with van der Waals surface area (Å²) in [4.78, 5) is 15.4. The average molecular weight is 328 g/mol. The molecule has 3 heterocycles. The molecule has 1 aromatic carbocycles. The summed E-state index contributed by atoms with van der Waals surface area (Å²) in [5.41, 5.74) is 1.62. The van der Waals surface area contributed by atoms with Crippen LogP contribution in [0.25, 0.3) is 0 Å². The van der Waals surface area contributed by atoms with E-state index >= 15 is 0 Å². The van der Waals surface area contributed by atoms with Crippen LogP contribution < -0.4 is 10.1 Å². The summed E-state index contributed by atoms with van der Waals surface area (Å²) >= 11 is 0. The minimum atomic E-state index is -0.219. The van der Waals surface area contributed by atoms with Crippen LogP contribution in [0.4, 0.5) is 0 Å². The van der Waals surface area contributed by atoms with Crippen molar-refractivity contribution < 1.29 is 9.53 Å². The monoisotopic (exact) mass is 328 g/mol. The van der Waals surface area contributed by atoms with Gasteiger partial charge in [0.25, 0.3) is 5.91 Å². The Labute approximate surface area is 144 Å². The van der Waals surface area contributed by atoms with Gasteiger partial charge in [-0.15, -0.1) is 0 Å². The highest BCUT2D eigenvalue weighted by Crippen LogP contribution is 2.38. The molecule has 0 radical (unpaired) electrons. The number of hydrogen-bond acceptors (Lipinski definition) is 3. The maximum absolute atomic E-state index is 12.9. The maximum Gasteiger partial charge on any atom is 0.255 e. The topological polar surface area (TPSA) is 41.6 Å².